The second-order valence-corrected chi connectivity index (χ2v) is 4.32. The van der Waals surface area contributed by atoms with Crippen LogP contribution in [0.15, 0.2) is 36.4 Å². The van der Waals surface area contributed by atoms with Crippen molar-refractivity contribution in [2.24, 2.45) is 0 Å². The van der Waals surface area contributed by atoms with Crippen molar-refractivity contribution in [3.63, 3.8) is 0 Å². The maximum atomic E-state index is 13.1. The van der Waals surface area contributed by atoms with Gasteiger partial charge in [0.25, 0.3) is 0 Å². The first-order valence-corrected chi connectivity index (χ1v) is 5.91. The van der Waals surface area contributed by atoms with Crippen LogP contribution < -0.4 is 61.6 Å². The van der Waals surface area contributed by atoms with Crippen molar-refractivity contribution in [1.29, 1.82) is 0 Å². The number of hydrogen-bond acceptors (Lipinski definition) is 2. The van der Waals surface area contributed by atoms with Gasteiger partial charge in [-0.3, -0.25) is 4.98 Å². The molecule has 21 heavy (non-hydrogen) atoms. The zero-order valence-corrected chi connectivity index (χ0v) is 14.7. The number of hydrogen-bond donors (Lipinski definition) is 0. The van der Waals surface area contributed by atoms with Crippen LogP contribution in [0.2, 0.25) is 0 Å². The number of ether oxygens (including phenoxy) is 1. The predicted octanol–water partition coefficient (Wildman–Crippen LogP) is 0.167. The largest absolute Gasteiger partial charge is 1.00 e. The number of benzene rings is 1. The molecule has 0 bridgehead atoms. The summed E-state index contributed by atoms with van der Waals surface area (Å²) >= 11 is 0. The van der Waals surface area contributed by atoms with Gasteiger partial charge in [-0.1, -0.05) is 17.6 Å². The Hall–Kier alpha value is -0.409. The van der Waals surface area contributed by atoms with E-state index in [4.69, 9.17) is 4.74 Å². The summed E-state index contributed by atoms with van der Waals surface area (Å²) in [5.74, 6) is -1.29. The van der Waals surface area contributed by atoms with Crippen LogP contribution in [0.25, 0.3) is 0 Å². The molecular weight excluding hydrogens is 312 g/mol. The molecule has 0 fully saturated rings. The molecule has 0 unspecified atom stereocenters. The molecule has 0 saturated heterocycles. The minimum absolute atomic E-state index is 0. The van der Waals surface area contributed by atoms with E-state index in [-0.39, 0.29) is 58.0 Å². The summed E-state index contributed by atoms with van der Waals surface area (Å²) in [5, 5.41) is 0. The first kappa shape index (κ1) is 18.6. The zero-order valence-electron chi connectivity index (χ0n) is 11.6. The van der Waals surface area contributed by atoms with Crippen LogP contribution in [-0.4, -0.2) is 12.0 Å². The Balaban J connectivity index is 0.00000220. The molecule has 0 radical (unpaired) electrons. The van der Waals surface area contributed by atoms with Gasteiger partial charge in [-0.2, -0.15) is 0 Å². The summed E-state index contributed by atoms with van der Waals surface area (Å²) in [7, 11) is 0. The van der Waals surface area contributed by atoms with Crippen molar-refractivity contribution in [2.75, 3.05) is 0 Å². The molecule has 0 aliphatic carbocycles. The molecule has 0 atom stereocenters. The SMILES string of the molecule is Cc1cccc(COc2cc(F)ccc2[B-](F)(F)F)n1.[K+]. The maximum absolute atomic E-state index is 13.1. The number of rotatable bonds is 4. The van der Waals surface area contributed by atoms with E-state index in [0.717, 1.165) is 17.8 Å². The fourth-order valence-corrected chi connectivity index (χ4v) is 1.74. The molecule has 0 amide bonds. The van der Waals surface area contributed by atoms with E-state index >= 15 is 0 Å². The Labute approximate surface area is 162 Å². The molecule has 106 valence electrons. The van der Waals surface area contributed by atoms with Gasteiger partial charge in [0.1, 0.15) is 12.4 Å². The van der Waals surface area contributed by atoms with E-state index in [9.17, 15) is 17.3 Å². The molecule has 0 aliphatic rings. The van der Waals surface area contributed by atoms with Crippen LogP contribution in [0, 0.1) is 12.7 Å². The number of pyridine rings is 1. The first-order valence-electron chi connectivity index (χ1n) is 5.91. The van der Waals surface area contributed by atoms with Gasteiger partial charge in [0.05, 0.1) is 11.4 Å². The fraction of sp³-hybridized carbons (Fsp3) is 0.154. The molecule has 0 aliphatic heterocycles. The summed E-state index contributed by atoms with van der Waals surface area (Å²) in [4.78, 5) is 4.11. The van der Waals surface area contributed by atoms with Crippen molar-refractivity contribution in [1.82, 2.24) is 4.98 Å². The van der Waals surface area contributed by atoms with Gasteiger partial charge in [0, 0.05) is 11.8 Å². The topological polar surface area (TPSA) is 22.1 Å². The summed E-state index contributed by atoms with van der Waals surface area (Å²) in [5.41, 5.74) is 0.263. The molecule has 0 N–H and O–H groups in total. The maximum Gasteiger partial charge on any atom is 1.00 e. The minimum atomic E-state index is -5.25. The van der Waals surface area contributed by atoms with Crippen LogP contribution in [-0.2, 0) is 6.61 Å². The number of nitrogens with zero attached hydrogens (tertiary/aromatic N) is 1. The zero-order chi connectivity index (χ0) is 14.8. The number of halogens is 4. The van der Waals surface area contributed by atoms with E-state index in [0.29, 0.717) is 11.8 Å². The number of aryl methyl sites for hydroxylation is 1. The van der Waals surface area contributed by atoms with E-state index in [2.05, 4.69) is 4.98 Å². The van der Waals surface area contributed by atoms with Crippen LogP contribution in [0.4, 0.5) is 17.3 Å². The first-order chi connectivity index (χ1) is 9.36. The second kappa shape index (κ2) is 7.73. The molecular formula is C13H11BF4KNO. The standard InChI is InChI=1S/C13H11BF4NO.K/c1-9-3-2-4-11(19-9)8-20-13-7-10(15)5-6-12(13)14(16,17)18;/h2-7H,8H2,1H3;/q-1;+1. The van der Waals surface area contributed by atoms with Crippen LogP contribution in [0.1, 0.15) is 11.4 Å². The molecule has 1 heterocycles. The van der Waals surface area contributed by atoms with Crippen molar-refractivity contribution >= 4 is 12.4 Å². The van der Waals surface area contributed by atoms with Crippen molar-refractivity contribution in [2.45, 2.75) is 13.5 Å². The van der Waals surface area contributed by atoms with Crippen molar-refractivity contribution in [3.05, 3.63) is 53.6 Å². The third-order valence-corrected chi connectivity index (χ3v) is 2.65. The summed E-state index contributed by atoms with van der Waals surface area (Å²) in [6, 6.07) is 7.30. The van der Waals surface area contributed by atoms with Gasteiger partial charge in [-0.15, -0.1) is 0 Å². The summed E-state index contributed by atoms with van der Waals surface area (Å²) in [6.07, 6.45) is 0. The minimum Gasteiger partial charge on any atom is -0.490 e. The van der Waals surface area contributed by atoms with E-state index < -0.39 is 24.0 Å². The van der Waals surface area contributed by atoms with E-state index in [1.807, 2.05) is 0 Å². The van der Waals surface area contributed by atoms with Crippen molar-refractivity contribution < 1.29 is 73.5 Å². The van der Waals surface area contributed by atoms with Gasteiger partial charge in [0.2, 0.25) is 0 Å². The molecule has 2 nitrogen and oxygen atoms in total. The Morgan fingerprint density at radius 2 is 1.86 bits per heavy atom. The van der Waals surface area contributed by atoms with Crippen LogP contribution in [0.3, 0.4) is 0 Å². The number of aromatic nitrogens is 1. The Kier molecular flexibility index (Phi) is 6.86. The molecule has 2 rings (SSSR count). The Morgan fingerprint density at radius 1 is 1.14 bits per heavy atom. The van der Waals surface area contributed by atoms with E-state index in [1.165, 1.54) is 0 Å². The fourth-order valence-electron chi connectivity index (χ4n) is 1.74. The Bertz CT molecular complexity index is 621. The monoisotopic (exact) mass is 323 g/mol. The van der Waals surface area contributed by atoms with Crippen LogP contribution in [0.5, 0.6) is 5.75 Å². The quantitative estimate of drug-likeness (QED) is 0.591. The van der Waals surface area contributed by atoms with E-state index in [1.54, 1.807) is 25.1 Å². The smallest absolute Gasteiger partial charge is 0.490 e. The van der Waals surface area contributed by atoms with Gasteiger partial charge >= 0.3 is 58.4 Å². The molecule has 1 aromatic carbocycles. The van der Waals surface area contributed by atoms with Crippen LogP contribution >= 0.6 is 0 Å². The molecule has 0 spiro atoms. The predicted molar refractivity (Wildman–Crippen MR) is 68.4 cm³/mol. The Morgan fingerprint density at radius 3 is 2.48 bits per heavy atom. The average Bonchev–Trinajstić information content (AvgIpc) is 2.35. The second-order valence-electron chi connectivity index (χ2n) is 4.32. The third kappa shape index (κ3) is 5.37. The molecule has 8 heteroatoms. The summed E-state index contributed by atoms with van der Waals surface area (Å²) in [6.45, 7) is -3.64. The molecule has 2 aromatic rings. The van der Waals surface area contributed by atoms with Gasteiger partial charge in [-0.05, 0) is 25.1 Å². The van der Waals surface area contributed by atoms with Crippen molar-refractivity contribution in [3.8, 4) is 5.75 Å². The van der Waals surface area contributed by atoms with Gasteiger partial charge < -0.3 is 17.7 Å². The van der Waals surface area contributed by atoms with Gasteiger partial charge in [-0.25, -0.2) is 4.39 Å². The third-order valence-electron chi connectivity index (χ3n) is 2.65. The average molecular weight is 323 g/mol. The van der Waals surface area contributed by atoms with Gasteiger partial charge in [0.15, 0.2) is 0 Å². The molecule has 0 saturated carbocycles. The summed E-state index contributed by atoms with van der Waals surface area (Å²) < 4.78 is 56.6. The molecule has 1 aromatic heterocycles. The normalized spacial score (nSPS) is 10.9.